The molecule has 0 unspecified atom stereocenters. The first-order valence-corrected chi connectivity index (χ1v) is 14.2. The smallest absolute Gasteiger partial charge is 0.0717 e. The molecule has 6 aromatic carbocycles. The van der Waals surface area contributed by atoms with Gasteiger partial charge in [0.25, 0.3) is 0 Å². The molecule has 0 fully saturated rings. The standard InChI is InChI=1S/C40H26N2/c1-2-11-28(12-3-1)39-33-14-6-7-15-34(33)40(31-18-17-27-10-4-5-13-29(27)24-31)35-21-19-30(25-36(35)39)38-22-20-32(26-42-38)37-16-8-9-23-41-37/h1-26H. The van der Waals surface area contributed by atoms with Crippen LogP contribution in [0.25, 0.3) is 77.1 Å². The van der Waals surface area contributed by atoms with Gasteiger partial charge in [-0.2, -0.15) is 0 Å². The molecule has 0 spiro atoms. The van der Waals surface area contributed by atoms with Crippen molar-refractivity contribution in [2.24, 2.45) is 0 Å². The minimum absolute atomic E-state index is 0.924. The molecule has 2 heteroatoms. The predicted octanol–water partition coefficient (Wildman–Crippen LogP) is 10.6. The molecule has 0 amide bonds. The van der Waals surface area contributed by atoms with Crippen molar-refractivity contribution in [2.45, 2.75) is 0 Å². The molecule has 0 bridgehead atoms. The maximum absolute atomic E-state index is 4.87. The monoisotopic (exact) mass is 534 g/mol. The highest BCUT2D eigenvalue weighted by Crippen LogP contribution is 2.45. The van der Waals surface area contributed by atoms with Crippen LogP contribution in [0.2, 0.25) is 0 Å². The van der Waals surface area contributed by atoms with Crippen LogP contribution < -0.4 is 0 Å². The summed E-state index contributed by atoms with van der Waals surface area (Å²) in [4.78, 5) is 9.36. The lowest BCUT2D eigenvalue weighted by Gasteiger charge is -2.19. The van der Waals surface area contributed by atoms with Gasteiger partial charge in [0.15, 0.2) is 0 Å². The van der Waals surface area contributed by atoms with Gasteiger partial charge in [0.05, 0.1) is 11.4 Å². The van der Waals surface area contributed by atoms with Gasteiger partial charge in [0.1, 0.15) is 0 Å². The molecule has 0 aliphatic carbocycles. The Morgan fingerprint density at radius 1 is 0.333 bits per heavy atom. The van der Waals surface area contributed by atoms with Crippen LogP contribution in [0.1, 0.15) is 0 Å². The Balaban J connectivity index is 1.40. The molecule has 42 heavy (non-hydrogen) atoms. The van der Waals surface area contributed by atoms with Crippen molar-refractivity contribution in [3.05, 3.63) is 158 Å². The quantitative estimate of drug-likeness (QED) is 0.210. The van der Waals surface area contributed by atoms with Crippen molar-refractivity contribution in [3.8, 4) is 44.8 Å². The summed E-state index contributed by atoms with van der Waals surface area (Å²) < 4.78 is 0. The van der Waals surface area contributed by atoms with Crippen molar-refractivity contribution in [2.75, 3.05) is 0 Å². The van der Waals surface area contributed by atoms with Gasteiger partial charge in [-0.25, -0.2) is 0 Å². The normalized spacial score (nSPS) is 11.3. The molecule has 0 aliphatic rings. The van der Waals surface area contributed by atoms with E-state index in [1.807, 2.05) is 30.6 Å². The molecule has 0 saturated heterocycles. The summed E-state index contributed by atoms with van der Waals surface area (Å²) in [7, 11) is 0. The lowest BCUT2D eigenvalue weighted by molar-refractivity contribution is 1.28. The van der Waals surface area contributed by atoms with Crippen molar-refractivity contribution in [1.29, 1.82) is 0 Å². The van der Waals surface area contributed by atoms with Crippen LogP contribution in [-0.4, -0.2) is 9.97 Å². The third-order valence-electron chi connectivity index (χ3n) is 8.14. The molecule has 2 heterocycles. The average Bonchev–Trinajstić information content (AvgIpc) is 3.07. The van der Waals surface area contributed by atoms with E-state index in [0.717, 1.165) is 22.5 Å². The van der Waals surface area contributed by atoms with Crippen LogP contribution in [0.4, 0.5) is 0 Å². The second-order valence-corrected chi connectivity index (χ2v) is 10.6. The lowest BCUT2D eigenvalue weighted by Crippen LogP contribution is -1.92. The van der Waals surface area contributed by atoms with E-state index in [-0.39, 0.29) is 0 Å². The summed E-state index contributed by atoms with van der Waals surface area (Å²) in [5, 5.41) is 7.44. The number of nitrogens with zero attached hydrogens (tertiary/aromatic N) is 2. The zero-order valence-electron chi connectivity index (χ0n) is 22.9. The molecular weight excluding hydrogens is 508 g/mol. The molecule has 196 valence electrons. The Hall–Kier alpha value is -5.60. The maximum Gasteiger partial charge on any atom is 0.0717 e. The first-order chi connectivity index (χ1) is 20.8. The number of hydrogen-bond donors (Lipinski definition) is 0. The molecule has 8 rings (SSSR count). The van der Waals surface area contributed by atoms with Gasteiger partial charge >= 0.3 is 0 Å². The highest BCUT2D eigenvalue weighted by molar-refractivity contribution is 6.22. The molecule has 0 N–H and O–H groups in total. The molecule has 0 saturated carbocycles. The predicted molar refractivity (Wildman–Crippen MR) is 176 cm³/mol. The van der Waals surface area contributed by atoms with E-state index in [2.05, 4.69) is 132 Å². The molecule has 0 atom stereocenters. The second kappa shape index (κ2) is 10.1. The van der Waals surface area contributed by atoms with E-state index in [1.54, 1.807) is 0 Å². The maximum atomic E-state index is 4.87. The summed E-state index contributed by atoms with van der Waals surface area (Å²) in [6, 6.07) is 51.9. The fraction of sp³-hybridized carbons (Fsp3) is 0. The molecule has 0 aliphatic heterocycles. The van der Waals surface area contributed by atoms with Crippen LogP contribution in [0.5, 0.6) is 0 Å². The van der Waals surface area contributed by atoms with E-state index < -0.39 is 0 Å². The largest absolute Gasteiger partial charge is 0.256 e. The number of fused-ring (bicyclic) bond motifs is 3. The van der Waals surface area contributed by atoms with Crippen LogP contribution in [-0.2, 0) is 0 Å². The minimum Gasteiger partial charge on any atom is -0.256 e. The summed E-state index contributed by atoms with van der Waals surface area (Å²) >= 11 is 0. The van der Waals surface area contributed by atoms with Gasteiger partial charge in [-0.05, 0) is 91.0 Å². The number of rotatable bonds is 4. The Kier molecular flexibility index (Phi) is 5.82. The Morgan fingerprint density at radius 3 is 1.74 bits per heavy atom. The fourth-order valence-corrected chi connectivity index (χ4v) is 6.16. The van der Waals surface area contributed by atoms with Gasteiger partial charge in [0.2, 0.25) is 0 Å². The first-order valence-electron chi connectivity index (χ1n) is 14.2. The summed E-state index contributed by atoms with van der Waals surface area (Å²) in [6.45, 7) is 0. The van der Waals surface area contributed by atoms with Gasteiger partial charge in [-0.1, -0.05) is 109 Å². The third kappa shape index (κ3) is 4.13. The van der Waals surface area contributed by atoms with Crippen molar-refractivity contribution in [1.82, 2.24) is 9.97 Å². The highest BCUT2D eigenvalue weighted by Gasteiger charge is 2.18. The van der Waals surface area contributed by atoms with E-state index >= 15 is 0 Å². The zero-order valence-corrected chi connectivity index (χ0v) is 22.9. The van der Waals surface area contributed by atoms with Crippen LogP contribution >= 0.6 is 0 Å². The first kappa shape index (κ1) is 24.2. The Bertz CT molecular complexity index is 2220. The molecule has 8 aromatic rings. The minimum atomic E-state index is 0.924. The third-order valence-corrected chi connectivity index (χ3v) is 8.14. The van der Waals surface area contributed by atoms with E-state index in [1.165, 1.54) is 54.6 Å². The highest BCUT2D eigenvalue weighted by atomic mass is 14.7. The number of hydrogen-bond acceptors (Lipinski definition) is 2. The molecular formula is C40H26N2. The second-order valence-electron chi connectivity index (χ2n) is 10.6. The van der Waals surface area contributed by atoms with E-state index in [9.17, 15) is 0 Å². The van der Waals surface area contributed by atoms with Crippen LogP contribution in [0.15, 0.2) is 158 Å². The zero-order chi connectivity index (χ0) is 27.9. The average molecular weight is 535 g/mol. The number of aromatic nitrogens is 2. The number of benzene rings is 6. The Morgan fingerprint density at radius 2 is 0.976 bits per heavy atom. The van der Waals surface area contributed by atoms with Crippen LogP contribution in [0, 0.1) is 0 Å². The fourth-order valence-electron chi connectivity index (χ4n) is 6.16. The Labute approximate surface area is 244 Å². The lowest BCUT2D eigenvalue weighted by atomic mass is 9.85. The van der Waals surface area contributed by atoms with Crippen LogP contribution in [0.3, 0.4) is 0 Å². The van der Waals surface area contributed by atoms with Crippen molar-refractivity contribution in [3.63, 3.8) is 0 Å². The van der Waals surface area contributed by atoms with E-state index in [4.69, 9.17) is 4.98 Å². The van der Waals surface area contributed by atoms with Gasteiger partial charge < -0.3 is 0 Å². The van der Waals surface area contributed by atoms with Crippen molar-refractivity contribution >= 4 is 32.3 Å². The van der Waals surface area contributed by atoms with E-state index in [0.29, 0.717) is 0 Å². The molecule has 2 nitrogen and oxygen atoms in total. The van der Waals surface area contributed by atoms with Gasteiger partial charge in [0, 0.05) is 23.5 Å². The summed E-state index contributed by atoms with van der Waals surface area (Å²) in [6.07, 6.45) is 3.73. The summed E-state index contributed by atoms with van der Waals surface area (Å²) in [5.41, 5.74) is 8.90. The summed E-state index contributed by atoms with van der Waals surface area (Å²) in [5.74, 6) is 0. The molecule has 0 radical (unpaired) electrons. The van der Waals surface area contributed by atoms with Gasteiger partial charge in [-0.3, -0.25) is 9.97 Å². The topological polar surface area (TPSA) is 25.8 Å². The SMILES string of the molecule is c1ccc(-c2c3ccccc3c(-c3ccc4ccccc4c3)c3ccc(-c4ccc(-c5ccccn5)cn4)cc23)cc1. The van der Waals surface area contributed by atoms with Crippen molar-refractivity contribution < 1.29 is 0 Å². The number of pyridine rings is 2. The van der Waals surface area contributed by atoms with Gasteiger partial charge in [-0.15, -0.1) is 0 Å². The molecule has 2 aromatic heterocycles.